The molecule has 0 aliphatic rings. The Bertz CT molecular complexity index is 613. The number of aliphatic hydroxyl groups excluding tert-OH is 1. The second-order valence-corrected chi connectivity index (χ2v) is 5.28. The van der Waals surface area contributed by atoms with E-state index in [9.17, 15) is 9.90 Å². The summed E-state index contributed by atoms with van der Waals surface area (Å²) in [7, 11) is 0. The maximum atomic E-state index is 10.8. The molecule has 0 aliphatic carbocycles. The second-order valence-electron chi connectivity index (χ2n) is 5.28. The number of amides is 1. The lowest BCUT2D eigenvalue weighted by Crippen LogP contribution is -2.38. The first-order valence-electron chi connectivity index (χ1n) is 7.22. The van der Waals surface area contributed by atoms with Crippen LogP contribution in [0.15, 0.2) is 42.5 Å². The van der Waals surface area contributed by atoms with Gasteiger partial charge in [0, 0.05) is 26.1 Å². The average Bonchev–Trinajstić information content (AvgIpc) is 2.50. The van der Waals surface area contributed by atoms with Crippen molar-refractivity contribution in [1.82, 2.24) is 10.6 Å². The van der Waals surface area contributed by atoms with Crippen LogP contribution in [-0.2, 0) is 4.79 Å². The Labute approximate surface area is 125 Å². The van der Waals surface area contributed by atoms with Gasteiger partial charge in [-0.3, -0.25) is 4.79 Å². The Balaban J connectivity index is 1.96. The summed E-state index contributed by atoms with van der Waals surface area (Å²) in [5.41, 5.74) is 0.897. The molecular formula is C17H22N2O2. The minimum atomic E-state index is -0.577. The third kappa shape index (κ3) is 4.28. The van der Waals surface area contributed by atoms with Crippen LogP contribution < -0.4 is 10.6 Å². The highest BCUT2D eigenvalue weighted by Crippen LogP contribution is 2.22. The first-order chi connectivity index (χ1) is 10.1. The topological polar surface area (TPSA) is 61.4 Å². The lowest BCUT2D eigenvalue weighted by atomic mass is 10.00. The van der Waals surface area contributed by atoms with Gasteiger partial charge < -0.3 is 15.7 Å². The van der Waals surface area contributed by atoms with Crippen LogP contribution in [-0.4, -0.2) is 30.1 Å². The van der Waals surface area contributed by atoms with E-state index < -0.39 is 6.10 Å². The van der Waals surface area contributed by atoms with Gasteiger partial charge in [-0.25, -0.2) is 0 Å². The van der Waals surface area contributed by atoms with Gasteiger partial charge in [0.1, 0.15) is 0 Å². The van der Waals surface area contributed by atoms with Crippen LogP contribution in [0, 0.1) is 0 Å². The predicted molar refractivity (Wildman–Crippen MR) is 85.1 cm³/mol. The number of aliphatic hydroxyl groups is 1. The molecule has 2 rings (SSSR count). The van der Waals surface area contributed by atoms with Gasteiger partial charge in [0.25, 0.3) is 0 Å². The summed E-state index contributed by atoms with van der Waals surface area (Å²) in [6, 6.07) is 14.0. The van der Waals surface area contributed by atoms with Crippen molar-refractivity contribution >= 4 is 16.7 Å². The lowest BCUT2D eigenvalue weighted by Gasteiger charge is -2.21. The monoisotopic (exact) mass is 286 g/mol. The molecule has 2 unspecified atom stereocenters. The van der Waals surface area contributed by atoms with Gasteiger partial charge in [-0.15, -0.1) is 0 Å². The zero-order chi connectivity index (χ0) is 15.2. The van der Waals surface area contributed by atoms with Crippen LogP contribution in [0.5, 0.6) is 0 Å². The molecule has 0 aliphatic heterocycles. The Morgan fingerprint density at radius 2 is 1.86 bits per heavy atom. The Morgan fingerprint density at radius 3 is 2.57 bits per heavy atom. The molecule has 2 aromatic rings. The summed E-state index contributed by atoms with van der Waals surface area (Å²) in [6.07, 6.45) is -0.577. The molecule has 0 heterocycles. The molecule has 2 aromatic carbocycles. The molecular weight excluding hydrogens is 264 g/mol. The number of fused-ring (bicyclic) bond motifs is 1. The summed E-state index contributed by atoms with van der Waals surface area (Å²) < 4.78 is 0. The van der Waals surface area contributed by atoms with E-state index in [1.807, 2.05) is 43.3 Å². The zero-order valence-electron chi connectivity index (χ0n) is 12.5. The van der Waals surface area contributed by atoms with Crippen molar-refractivity contribution in [3.05, 3.63) is 48.0 Å². The lowest BCUT2D eigenvalue weighted by molar-refractivity contribution is -0.118. The quantitative estimate of drug-likeness (QED) is 0.712. The average molecular weight is 286 g/mol. The highest BCUT2D eigenvalue weighted by atomic mass is 16.3. The first kappa shape index (κ1) is 15.5. The van der Waals surface area contributed by atoms with E-state index in [1.54, 1.807) is 0 Å². The zero-order valence-corrected chi connectivity index (χ0v) is 12.5. The summed E-state index contributed by atoms with van der Waals surface area (Å²) in [4.78, 5) is 10.8. The molecule has 0 aromatic heterocycles. The van der Waals surface area contributed by atoms with Crippen LogP contribution in [0.2, 0.25) is 0 Å². The van der Waals surface area contributed by atoms with Crippen LogP contribution in [0.25, 0.3) is 10.8 Å². The number of hydrogen-bond donors (Lipinski definition) is 3. The molecule has 112 valence electrons. The van der Waals surface area contributed by atoms with E-state index in [0.717, 1.165) is 10.9 Å². The summed E-state index contributed by atoms with van der Waals surface area (Å²) in [5, 5.41) is 18.6. The molecule has 0 bridgehead atoms. The van der Waals surface area contributed by atoms with Crippen LogP contribution in [0.3, 0.4) is 0 Å². The molecule has 21 heavy (non-hydrogen) atoms. The molecule has 1 amide bonds. The molecule has 2 atom stereocenters. The van der Waals surface area contributed by atoms with Gasteiger partial charge in [0.05, 0.1) is 6.10 Å². The van der Waals surface area contributed by atoms with Crippen molar-refractivity contribution in [1.29, 1.82) is 0 Å². The third-order valence-electron chi connectivity index (χ3n) is 3.55. The molecule has 4 nitrogen and oxygen atoms in total. The minimum absolute atomic E-state index is 0.0421. The maximum absolute atomic E-state index is 10.8. The van der Waals surface area contributed by atoms with E-state index in [1.165, 1.54) is 12.3 Å². The predicted octanol–water partition coefficient (Wildman–Crippen LogP) is 1.99. The van der Waals surface area contributed by atoms with Crippen LogP contribution in [0.1, 0.15) is 25.5 Å². The second kappa shape index (κ2) is 7.20. The highest BCUT2D eigenvalue weighted by molar-refractivity contribution is 5.83. The normalized spacial score (nSPS) is 13.9. The Hall–Kier alpha value is -1.91. The van der Waals surface area contributed by atoms with Crippen LogP contribution >= 0.6 is 0 Å². The van der Waals surface area contributed by atoms with Gasteiger partial charge in [0.15, 0.2) is 0 Å². The largest absolute Gasteiger partial charge is 0.387 e. The number of nitrogens with one attached hydrogen (secondary N) is 2. The van der Waals surface area contributed by atoms with Crippen molar-refractivity contribution in [3.63, 3.8) is 0 Å². The SMILES string of the molecule is CC(=O)NCCNC(C)C(O)c1ccc2ccccc2c1. The third-order valence-corrected chi connectivity index (χ3v) is 3.55. The van der Waals surface area contributed by atoms with Gasteiger partial charge >= 0.3 is 0 Å². The molecule has 0 fully saturated rings. The smallest absolute Gasteiger partial charge is 0.216 e. The number of benzene rings is 2. The van der Waals surface area contributed by atoms with E-state index in [4.69, 9.17) is 0 Å². The van der Waals surface area contributed by atoms with Gasteiger partial charge in [-0.2, -0.15) is 0 Å². The number of rotatable bonds is 6. The van der Waals surface area contributed by atoms with Gasteiger partial charge in [0.2, 0.25) is 5.91 Å². The van der Waals surface area contributed by atoms with Gasteiger partial charge in [-0.1, -0.05) is 36.4 Å². The summed E-state index contributed by atoms with van der Waals surface area (Å²) in [6.45, 7) is 4.62. The first-order valence-corrected chi connectivity index (χ1v) is 7.22. The molecule has 0 saturated carbocycles. The molecule has 0 radical (unpaired) electrons. The number of hydrogen-bond acceptors (Lipinski definition) is 3. The van der Waals surface area contributed by atoms with Crippen molar-refractivity contribution in [3.8, 4) is 0 Å². The van der Waals surface area contributed by atoms with E-state index in [-0.39, 0.29) is 11.9 Å². The number of carbonyl (C=O) groups is 1. The van der Waals surface area contributed by atoms with Crippen molar-refractivity contribution in [2.45, 2.75) is 26.0 Å². The molecule has 4 heteroatoms. The van der Waals surface area contributed by atoms with Crippen molar-refractivity contribution in [2.24, 2.45) is 0 Å². The van der Waals surface area contributed by atoms with E-state index >= 15 is 0 Å². The van der Waals surface area contributed by atoms with Crippen molar-refractivity contribution < 1.29 is 9.90 Å². The fourth-order valence-corrected chi connectivity index (χ4v) is 2.33. The van der Waals surface area contributed by atoms with E-state index in [0.29, 0.717) is 13.1 Å². The summed E-state index contributed by atoms with van der Waals surface area (Å²) in [5.74, 6) is -0.0421. The van der Waals surface area contributed by atoms with Crippen LogP contribution in [0.4, 0.5) is 0 Å². The van der Waals surface area contributed by atoms with Gasteiger partial charge in [-0.05, 0) is 29.3 Å². The maximum Gasteiger partial charge on any atom is 0.216 e. The Morgan fingerprint density at radius 1 is 1.14 bits per heavy atom. The minimum Gasteiger partial charge on any atom is -0.387 e. The molecule has 0 saturated heterocycles. The number of carbonyl (C=O) groups excluding carboxylic acids is 1. The standard InChI is InChI=1S/C17H22N2O2/c1-12(18-9-10-19-13(2)20)17(21)16-8-7-14-5-3-4-6-15(14)11-16/h3-8,11-12,17-18,21H,9-10H2,1-2H3,(H,19,20). The Kier molecular flexibility index (Phi) is 5.31. The highest BCUT2D eigenvalue weighted by Gasteiger charge is 2.15. The fourth-order valence-electron chi connectivity index (χ4n) is 2.33. The fraction of sp³-hybridized carbons (Fsp3) is 0.353. The van der Waals surface area contributed by atoms with Crippen molar-refractivity contribution in [2.75, 3.05) is 13.1 Å². The molecule has 0 spiro atoms. The van der Waals surface area contributed by atoms with E-state index in [2.05, 4.69) is 16.7 Å². The summed E-state index contributed by atoms with van der Waals surface area (Å²) >= 11 is 0. The molecule has 3 N–H and O–H groups in total.